The molecule has 0 unspecified atom stereocenters. The lowest BCUT2D eigenvalue weighted by molar-refractivity contribution is 0.242. The summed E-state index contributed by atoms with van der Waals surface area (Å²) in [5.41, 5.74) is 2.27. The van der Waals surface area contributed by atoms with Gasteiger partial charge in [0, 0.05) is 32.7 Å². The molecule has 0 aromatic heterocycles. The summed E-state index contributed by atoms with van der Waals surface area (Å²) in [7, 11) is 1.63. The number of phenolic OH excluding ortho intramolecular Hbond substituents is 1. The number of piperazine rings is 1. The molecule has 0 radical (unpaired) electrons. The van der Waals surface area contributed by atoms with Gasteiger partial charge in [-0.15, -0.1) is 0 Å². The Kier molecular flexibility index (Phi) is 5.12. The van der Waals surface area contributed by atoms with Crippen molar-refractivity contribution in [3.63, 3.8) is 0 Å². The first kappa shape index (κ1) is 16.1. The van der Waals surface area contributed by atoms with Gasteiger partial charge in [0.2, 0.25) is 0 Å². The predicted octanol–water partition coefficient (Wildman–Crippen LogP) is 2.15. The molecule has 0 atom stereocenters. The van der Waals surface area contributed by atoms with Crippen LogP contribution in [0.25, 0.3) is 0 Å². The zero-order valence-corrected chi connectivity index (χ0v) is 13.7. The SMILES string of the molecule is COc1c(O)cc(C(C)(C)C)cc1CCN1CCNCC1. The number of nitrogens with zero attached hydrogens (tertiary/aromatic N) is 1. The molecule has 0 bridgehead atoms. The van der Waals surface area contributed by atoms with Crippen LogP contribution in [0, 0.1) is 0 Å². The molecule has 1 aromatic carbocycles. The zero-order chi connectivity index (χ0) is 15.5. The minimum Gasteiger partial charge on any atom is -0.504 e. The topological polar surface area (TPSA) is 44.7 Å². The van der Waals surface area contributed by atoms with E-state index in [9.17, 15) is 5.11 Å². The molecule has 1 fully saturated rings. The summed E-state index contributed by atoms with van der Waals surface area (Å²) in [6.07, 6.45) is 0.903. The summed E-state index contributed by atoms with van der Waals surface area (Å²) >= 11 is 0. The van der Waals surface area contributed by atoms with Crippen molar-refractivity contribution in [3.05, 3.63) is 23.3 Å². The highest BCUT2D eigenvalue weighted by Crippen LogP contribution is 2.36. The molecule has 0 amide bonds. The molecule has 1 aromatic rings. The second kappa shape index (κ2) is 6.67. The molecule has 118 valence electrons. The number of nitrogens with one attached hydrogen (secondary N) is 1. The average molecular weight is 292 g/mol. The van der Waals surface area contributed by atoms with Gasteiger partial charge in [0.1, 0.15) is 0 Å². The average Bonchev–Trinajstić information content (AvgIpc) is 2.44. The van der Waals surface area contributed by atoms with Crippen LogP contribution in [0.2, 0.25) is 0 Å². The third-order valence-corrected chi connectivity index (χ3v) is 4.12. The fraction of sp³-hybridized carbons (Fsp3) is 0.647. The van der Waals surface area contributed by atoms with E-state index in [0.717, 1.165) is 50.3 Å². The van der Waals surface area contributed by atoms with Crippen molar-refractivity contribution in [2.24, 2.45) is 0 Å². The molecule has 1 heterocycles. The van der Waals surface area contributed by atoms with Crippen LogP contribution in [0.1, 0.15) is 31.9 Å². The molecule has 0 aliphatic carbocycles. The third-order valence-electron chi connectivity index (χ3n) is 4.12. The Morgan fingerprint density at radius 3 is 2.48 bits per heavy atom. The Morgan fingerprint density at radius 2 is 1.90 bits per heavy atom. The first-order valence-corrected chi connectivity index (χ1v) is 7.75. The van der Waals surface area contributed by atoms with Gasteiger partial charge in [-0.25, -0.2) is 0 Å². The van der Waals surface area contributed by atoms with Gasteiger partial charge in [-0.1, -0.05) is 26.8 Å². The minimum atomic E-state index is 0.0214. The summed E-state index contributed by atoms with van der Waals surface area (Å²) in [4.78, 5) is 2.46. The number of benzene rings is 1. The van der Waals surface area contributed by atoms with Gasteiger partial charge in [-0.05, 0) is 29.0 Å². The van der Waals surface area contributed by atoms with E-state index >= 15 is 0 Å². The molecule has 1 saturated heterocycles. The molecule has 1 aliphatic heterocycles. The number of hydrogen-bond acceptors (Lipinski definition) is 4. The van der Waals surface area contributed by atoms with Gasteiger partial charge in [0.25, 0.3) is 0 Å². The predicted molar refractivity (Wildman–Crippen MR) is 86.4 cm³/mol. The quantitative estimate of drug-likeness (QED) is 0.892. The molecule has 4 heteroatoms. The highest BCUT2D eigenvalue weighted by Gasteiger charge is 2.20. The minimum absolute atomic E-state index is 0.0214. The van der Waals surface area contributed by atoms with Gasteiger partial charge < -0.3 is 20.1 Å². The maximum absolute atomic E-state index is 10.2. The Balaban J connectivity index is 2.17. The Hall–Kier alpha value is -1.26. The van der Waals surface area contributed by atoms with Crippen LogP contribution >= 0.6 is 0 Å². The normalized spacial score (nSPS) is 17.0. The van der Waals surface area contributed by atoms with Gasteiger partial charge in [0.15, 0.2) is 11.5 Å². The molecule has 2 rings (SSSR count). The summed E-state index contributed by atoms with van der Waals surface area (Å²) < 4.78 is 5.40. The van der Waals surface area contributed by atoms with Crippen LogP contribution in [-0.2, 0) is 11.8 Å². The number of rotatable bonds is 4. The van der Waals surface area contributed by atoms with E-state index in [1.807, 2.05) is 6.07 Å². The molecule has 21 heavy (non-hydrogen) atoms. The van der Waals surface area contributed by atoms with E-state index in [-0.39, 0.29) is 11.2 Å². The molecule has 1 aliphatic rings. The molecular weight excluding hydrogens is 264 g/mol. The van der Waals surface area contributed by atoms with Crippen molar-refractivity contribution >= 4 is 0 Å². The fourth-order valence-electron chi connectivity index (χ4n) is 2.74. The van der Waals surface area contributed by atoms with Gasteiger partial charge in [-0.2, -0.15) is 0 Å². The van der Waals surface area contributed by atoms with Crippen molar-refractivity contribution < 1.29 is 9.84 Å². The molecule has 4 nitrogen and oxygen atoms in total. The number of methoxy groups -OCH3 is 1. The maximum atomic E-state index is 10.2. The number of hydrogen-bond donors (Lipinski definition) is 2. The summed E-state index contributed by atoms with van der Waals surface area (Å²) in [5.74, 6) is 0.873. The largest absolute Gasteiger partial charge is 0.504 e. The van der Waals surface area contributed by atoms with E-state index in [1.54, 1.807) is 7.11 Å². The Morgan fingerprint density at radius 1 is 1.24 bits per heavy atom. The van der Waals surface area contributed by atoms with E-state index in [0.29, 0.717) is 5.75 Å². The van der Waals surface area contributed by atoms with Gasteiger partial charge in [-0.3, -0.25) is 0 Å². The monoisotopic (exact) mass is 292 g/mol. The van der Waals surface area contributed by atoms with Crippen molar-refractivity contribution in [2.75, 3.05) is 39.8 Å². The third kappa shape index (κ3) is 4.11. The highest BCUT2D eigenvalue weighted by molar-refractivity contribution is 5.50. The first-order valence-electron chi connectivity index (χ1n) is 7.75. The summed E-state index contributed by atoms with van der Waals surface area (Å²) in [6.45, 7) is 11.8. The lowest BCUT2D eigenvalue weighted by Crippen LogP contribution is -2.44. The second-order valence-electron chi connectivity index (χ2n) is 6.78. The van der Waals surface area contributed by atoms with Crippen LogP contribution in [0.3, 0.4) is 0 Å². The van der Waals surface area contributed by atoms with Gasteiger partial charge in [0.05, 0.1) is 7.11 Å². The van der Waals surface area contributed by atoms with Crippen LogP contribution < -0.4 is 10.1 Å². The standard InChI is InChI=1S/C17H28N2O2/c1-17(2,3)14-11-13(16(21-4)15(20)12-14)5-8-19-9-6-18-7-10-19/h11-12,18,20H,5-10H2,1-4H3. The van der Waals surface area contributed by atoms with Crippen LogP contribution in [0.4, 0.5) is 0 Å². The lowest BCUT2D eigenvalue weighted by atomic mass is 9.85. The van der Waals surface area contributed by atoms with E-state index in [4.69, 9.17) is 4.74 Å². The van der Waals surface area contributed by atoms with Crippen molar-refractivity contribution in [3.8, 4) is 11.5 Å². The van der Waals surface area contributed by atoms with Crippen molar-refractivity contribution in [2.45, 2.75) is 32.6 Å². The van der Waals surface area contributed by atoms with Gasteiger partial charge >= 0.3 is 0 Å². The molecule has 0 spiro atoms. The van der Waals surface area contributed by atoms with E-state index in [1.165, 1.54) is 0 Å². The Labute approximate surface area is 128 Å². The number of aromatic hydroxyl groups is 1. The lowest BCUT2D eigenvalue weighted by Gasteiger charge is -2.28. The van der Waals surface area contributed by atoms with Crippen molar-refractivity contribution in [1.82, 2.24) is 10.2 Å². The Bertz CT molecular complexity index is 474. The summed E-state index contributed by atoms with van der Waals surface area (Å²) in [6, 6.07) is 4.01. The molecule has 0 saturated carbocycles. The zero-order valence-electron chi connectivity index (χ0n) is 13.7. The second-order valence-corrected chi connectivity index (χ2v) is 6.78. The van der Waals surface area contributed by atoms with E-state index < -0.39 is 0 Å². The molecule has 2 N–H and O–H groups in total. The highest BCUT2D eigenvalue weighted by atomic mass is 16.5. The van der Waals surface area contributed by atoms with E-state index in [2.05, 4.69) is 37.1 Å². The number of ether oxygens (including phenoxy) is 1. The van der Waals surface area contributed by atoms with Crippen LogP contribution in [0.5, 0.6) is 11.5 Å². The summed E-state index contributed by atoms with van der Waals surface area (Å²) in [5, 5.41) is 13.6. The van der Waals surface area contributed by atoms with Crippen LogP contribution in [-0.4, -0.2) is 49.8 Å². The maximum Gasteiger partial charge on any atom is 0.163 e. The van der Waals surface area contributed by atoms with Crippen molar-refractivity contribution in [1.29, 1.82) is 0 Å². The number of phenols is 1. The molecular formula is C17H28N2O2. The van der Waals surface area contributed by atoms with Crippen LogP contribution in [0.15, 0.2) is 12.1 Å². The fourth-order valence-corrected chi connectivity index (χ4v) is 2.74. The smallest absolute Gasteiger partial charge is 0.163 e. The first-order chi connectivity index (χ1) is 9.91.